The number of rotatable bonds is 7. The molecule has 35 heavy (non-hydrogen) atoms. The van der Waals surface area contributed by atoms with E-state index < -0.39 is 5.97 Å². The van der Waals surface area contributed by atoms with E-state index in [9.17, 15) is 9.59 Å². The molecule has 0 saturated heterocycles. The quantitative estimate of drug-likeness (QED) is 0.237. The van der Waals surface area contributed by atoms with E-state index in [2.05, 4.69) is 37.0 Å². The zero-order chi connectivity index (χ0) is 24.9. The number of fused-ring (bicyclic) bond motifs is 1. The molecule has 3 aromatic rings. The minimum Gasteiger partial charge on any atom is -0.481 e. The van der Waals surface area contributed by atoms with Crippen molar-refractivity contribution in [1.82, 2.24) is 9.66 Å². The third-order valence-corrected chi connectivity index (χ3v) is 6.79. The highest BCUT2D eigenvalue weighted by Gasteiger charge is 2.22. The van der Waals surface area contributed by atoms with Crippen molar-refractivity contribution in [3.05, 3.63) is 67.1 Å². The molecule has 0 N–H and O–H groups in total. The van der Waals surface area contributed by atoms with Gasteiger partial charge in [-0.1, -0.05) is 51.1 Å². The Balaban J connectivity index is 1.73. The Morgan fingerprint density at radius 1 is 1.14 bits per heavy atom. The summed E-state index contributed by atoms with van der Waals surface area (Å²) in [5, 5.41) is 5.09. The van der Waals surface area contributed by atoms with E-state index in [1.54, 1.807) is 32.2 Å². The third-order valence-electron chi connectivity index (χ3n) is 5.80. The Hall–Kier alpha value is -2.52. The van der Waals surface area contributed by atoms with Crippen LogP contribution in [-0.4, -0.2) is 34.6 Å². The van der Waals surface area contributed by atoms with Gasteiger partial charge in [-0.3, -0.25) is 4.79 Å². The molecule has 1 aromatic heterocycles. The number of hydrogen-bond acceptors (Lipinski definition) is 6. The molecule has 0 radical (unpaired) electrons. The number of halogens is 2. The maximum absolute atomic E-state index is 13.5. The molecule has 7 nitrogen and oxygen atoms in total. The van der Waals surface area contributed by atoms with Crippen molar-refractivity contribution < 1.29 is 14.3 Å². The lowest BCUT2D eigenvalue weighted by atomic mass is 9.88. The summed E-state index contributed by atoms with van der Waals surface area (Å²) in [5.74, 6) is 0.858. The van der Waals surface area contributed by atoms with Crippen molar-refractivity contribution in [2.75, 3.05) is 6.61 Å². The van der Waals surface area contributed by atoms with Crippen molar-refractivity contribution in [3.63, 3.8) is 0 Å². The van der Waals surface area contributed by atoms with Gasteiger partial charge in [-0.15, -0.1) is 0 Å². The van der Waals surface area contributed by atoms with E-state index >= 15 is 0 Å². The Morgan fingerprint density at radius 2 is 1.86 bits per heavy atom. The number of carbonyl (C=O) groups excluding carboxylic acids is 1. The highest BCUT2D eigenvalue weighted by atomic mass is 79.9. The number of nitrogens with zero attached hydrogens (tertiary/aromatic N) is 3. The van der Waals surface area contributed by atoms with Crippen molar-refractivity contribution >= 4 is 54.9 Å². The van der Waals surface area contributed by atoms with Crippen LogP contribution in [0.4, 0.5) is 0 Å². The zero-order valence-electron chi connectivity index (χ0n) is 19.7. The molecule has 0 aliphatic heterocycles. The van der Waals surface area contributed by atoms with Crippen LogP contribution in [0.3, 0.4) is 0 Å². The van der Waals surface area contributed by atoms with Crippen molar-refractivity contribution in [2.45, 2.75) is 58.0 Å². The van der Waals surface area contributed by atoms with Crippen molar-refractivity contribution in [1.29, 1.82) is 0 Å². The van der Waals surface area contributed by atoms with Crippen LogP contribution >= 0.6 is 31.9 Å². The van der Waals surface area contributed by atoms with E-state index in [4.69, 9.17) is 14.5 Å². The summed E-state index contributed by atoms with van der Waals surface area (Å²) in [4.78, 5) is 30.3. The summed E-state index contributed by atoms with van der Waals surface area (Å²) < 4.78 is 13.9. The van der Waals surface area contributed by atoms with Crippen LogP contribution in [0.5, 0.6) is 5.75 Å². The molecule has 4 rings (SSSR count). The fourth-order valence-electron chi connectivity index (χ4n) is 4.21. The second kappa shape index (κ2) is 11.5. The van der Waals surface area contributed by atoms with Crippen LogP contribution in [0.25, 0.3) is 10.9 Å². The standard InChI is InChI=1S/C26H27Br2N3O4/c1-16(2)35-24(32)15-34-23-11-9-19(27)12-18(23)14-29-31-25(17-6-4-3-5-7-17)30-22-10-8-20(28)13-21(22)26(31)33/h8-14,16-17H,3-7,15H2,1-2H3. The number of carbonyl (C=O) groups is 1. The van der Waals surface area contributed by atoms with Crippen LogP contribution in [0.15, 0.2) is 55.2 Å². The Morgan fingerprint density at radius 3 is 2.60 bits per heavy atom. The average Bonchev–Trinajstić information content (AvgIpc) is 2.83. The van der Waals surface area contributed by atoms with E-state index in [-0.39, 0.29) is 24.2 Å². The summed E-state index contributed by atoms with van der Waals surface area (Å²) >= 11 is 6.92. The number of ether oxygens (including phenoxy) is 2. The molecular formula is C26H27Br2N3O4. The van der Waals surface area contributed by atoms with Crippen molar-refractivity contribution in [2.24, 2.45) is 5.10 Å². The Kier molecular flexibility index (Phi) is 8.38. The van der Waals surface area contributed by atoms with Gasteiger partial charge in [-0.2, -0.15) is 9.78 Å². The third kappa shape index (κ3) is 6.38. The lowest BCUT2D eigenvalue weighted by molar-refractivity contribution is -0.149. The van der Waals surface area contributed by atoms with Gasteiger partial charge in [-0.25, -0.2) is 9.78 Å². The highest BCUT2D eigenvalue weighted by molar-refractivity contribution is 9.10. The summed E-state index contributed by atoms with van der Waals surface area (Å²) in [6, 6.07) is 10.9. The van der Waals surface area contributed by atoms with E-state index in [1.807, 2.05) is 24.3 Å². The molecule has 9 heteroatoms. The van der Waals surface area contributed by atoms with Gasteiger partial charge >= 0.3 is 5.97 Å². The van der Waals surface area contributed by atoms with Crippen LogP contribution in [0.2, 0.25) is 0 Å². The monoisotopic (exact) mass is 603 g/mol. The maximum Gasteiger partial charge on any atom is 0.344 e. The smallest absolute Gasteiger partial charge is 0.344 e. The van der Waals surface area contributed by atoms with Crippen molar-refractivity contribution in [3.8, 4) is 5.75 Å². The molecule has 0 bridgehead atoms. The van der Waals surface area contributed by atoms with Gasteiger partial charge in [0, 0.05) is 20.4 Å². The van der Waals surface area contributed by atoms with Gasteiger partial charge in [0.1, 0.15) is 11.6 Å². The minimum absolute atomic E-state index is 0.172. The van der Waals surface area contributed by atoms with Gasteiger partial charge in [0.05, 0.1) is 23.2 Å². The molecule has 1 aliphatic carbocycles. The molecule has 2 aromatic carbocycles. The van der Waals surface area contributed by atoms with Crippen LogP contribution in [-0.2, 0) is 9.53 Å². The minimum atomic E-state index is -0.453. The first-order valence-electron chi connectivity index (χ1n) is 11.7. The molecule has 1 fully saturated rings. The van der Waals surface area contributed by atoms with Gasteiger partial charge in [0.15, 0.2) is 6.61 Å². The lowest BCUT2D eigenvalue weighted by Gasteiger charge is -2.22. The topological polar surface area (TPSA) is 82.8 Å². The summed E-state index contributed by atoms with van der Waals surface area (Å²) in [7, 11) is 0. The molecule has 1 aliphatic rings. The molecule has 184 valence electrons. The van der Waals surface area contributed by atoms with Gasteiger partial charge in [0.25, 0.3) is 5.56 Å². The predicted molar refractivity (Wildman–Crippen MR) is 143 cm³/mol. The maximum atomic E-state index is 13.5. The summed E-state index contributed by atoms with van der Waals surface area (Å²) in [6.07, 6.45) is 6.73. The average molecular weight is 605 g/mol. The van der Waals surface area contributed by atoms with Crippen LogP contribution in [0.1, 0.15) is 63.3 Å². The number of aromatic nitrogens is 2. The SMILES string of the molecule is CC(C)OC(=O)COc1ccc(Br)cc1C=Nn1c(C2CCCCC2)nc2ccc(Br)cc2c1=O. The summed E-state index contributed by atoms with van der Waals surface area (Å²) in [6.45, 7) is 3.35. The largest absolute Gasteiger partial charge is 0.481 e. The van der Waals surface area contributed by atoms with Gasteiger partial charge in [0.2, 0.25) is 0 Å². The number of benzene rings is 2. The molecule has 0 unspecified atom stereocenters. The number of esters is 1. The molecular weight excluding hydrogens is 578 g/mol. The molecule has 0 spiro atoms. The number of hydrogen-bond donors (Lipinski definition) is 0. The molecule has 1 heterocycles. The molecule has 0 amide bonds. The molecule has 1 saturated carbocycles. The first-order chi connectivity index (χ1) is 16.8. The Labute approximate surface area is 220 Å². The van der Waals surface area contributed by atoms with Crippen LogP contribution < -0.4 is 10.3 Å². The first kappa shape index (κ1) is 25.6. The van der Waals surface area contributed by atoms with Gasteiger partial charge < -0.3 is 9.47 Å². The van der Waals surface area contributed by atoms with Gasteiger partial charge in [-0.05, 0) is 63.1 Å². The second-order valence-corrected chi connectivity index (χ2v) is 10.7. The van der Waals surface area contributed by atoms with E-state index in [0.717, 1.165) is 34.6 Å². The first-order valence-corrected chi connectivity index (χ1v) is 13.3. The fourth-order valence-corrected chi connectivity index (χ4v) is 4.95. The molecule has 0 atom stereocenters. The summed E-state index contributed by atoms with van der Waals surface area (Å²) in [5.41, 5.74) is 1.07. The fraction of sp³-hybridized carbons (Fsp3) is 0.385. The predicted octanol–water partition coefficient (Wildman–Crippen LogP) is 6.18. The Bertz CT molecular complexity index is 1310. The van der Waals surface area contributed by atoms with E-state index in [0.29, 0.717) is 28.0 Å². The highest BCUT2D eigenvalue weighted by Crippen LogP contribution is 2.32. The second-order valence-electron chi connectivity index (χ2n) is 8.84. The normalized spacial score (nSPS) is 14.7. The van der Waals surface area contributed by atoms with Crippen LogP contribution in [0, 0.1) is 0 Å². The zero-order valence-corrected chi connectivity index (χ0v) is 22.8. The van der Waals surface area contributed by atoms with E-state index in [1.165, 1.54) is 11.1 Å². The lowest BCUT2D eigenvalue weighted by Crippen LogP contribution is -2.25.